The molecule has 186 valence electrons. The molecule has 4 heterocycles. The summed E-state index contributed by atoms with van der Waals surface area (Å²) in [4.78, 5) is 44.5. The molecule has 2 amide bonds. The highest BCUT2D eigenvalue weighted by Gasteiger charge is 2.75. The van der Waals surface area contributed by atoms with Gasteiger partial charge < -0.3 is 24.4 Å². The maximum atomic E-state index is 14.3. The van der Waals surface area contributed by atoms with Gasteiger partial charge >= 0.3 is 5.97 Å². The van der Waals surface area contributed by atoms with Crippen molar-refractivity contribution < 1.29 is 29.0 Å². The van der Waals surface area contributed by atoms with Crippen molar-refractivity contribution in [2.24, 2.45) is 11.8 Å². The molecule has 2 fully saturated rings. The molecule has 1 spiro atoms. The quantitative estimate of drug-likeness (QED) is 0.504. The Morgan fingerprint density at radius 1 is 1.17 bits per heavy atom. The molecule has 1 unspecified atom stereocenters. The Kier molecular flexibility index (Phi) is 5.81. The molecule has 0 saturated carbocycles. The summed E-state index contributed by atoms with van der Waals surface area (Å²) in [7, 11) is 0. The van der Waals surface area contributed by atoms with Crippen LogP contribution in [0.5, 0.6) is 0 Å². The number of ether oxygens (including phenoxy) is 2. The second kappa shape index (κ2) is 8.47. The Hall–Kier alpha value is -2.68. The van der Waals surface area contributed by atoms with Gasteiger partial charge in [0.1, 0.15) is 29.8 Å². The minimum atomic E-state index is -1.40. The minimum Gasteiger partial charge on any atom is -0.461 e. The minimum absolute atomic E-state index is 0.100. The number of hydrogen-bond acceptors (Lipinski definition) is 6. The molecule has 1 N–H and O–H groups in total. The number of anilines is 1. The fraction of sp³-hybridized carbons (Fsp3) is 0.500. The van der Waals surface area contributed by atoms with Crippen molar-refractivity contribution in [3.8, 4) is 0 Å². The van der Waals surface area contributed by atoms with Gasteiger partial charge in [0.15, 0.2) is 0 Å². The van der Waals surface area contributed by atoms with E-state index in [2.05, 4.69) is 0 Å². The first-order chi connectivity index (χ1) is 16.7. The van der Waals surface area contributed by atoms with Crippen LogP contribution >= 0.6 is 11.6 Å². The summed E-state index contributed by atoms with van der Waals surface area (Å²) in [6.45, 7) is 5.41. The molecule has 6 atom stereocenters. The normalized spacial score (nSPS) is 34.8. The first-order valence-corrected chi connectivity index (χ1v) is 12.3. The number of para-hydroxylation sites is 1. The van der Waals surface area contributed by atoms with E-state index in [9.17, 15) is 19.5 Å². The molecule has 0 bridgehead atoms. The number of benzene rings is 1. The van der Waals surface area contributed by atoms with Crippen molar-refractivity contribution in [1.82, 2.24) is 4.90 Å². The maximum absolute atomic E-state index is 14.3. The molecule has 0 aromatic heterocycles. The van der Waals surface area contributed by atoms with Crippen LogP contribution in [0.1, 0.15) is 25.8 Å². The fourth-order valence-corrected chi connectivity index (χ4v) is 6.59. The molecule has 9 heteroatoms. The van der Waals surface area contributed by atoms with Crippen LogP contribution in [0.15, 0.2) is 42.5 Å². The first-order valence-electron chi connectivity index (χ1n) is 11.9. The number of amides is 2. The number of likely N-dealkylation sites (tertiary alicyclic amines) is 1. The van der Waals surface area contributed by atoms with Crippen LogP contribution in [0.3, 0.4) is 0 Å². The molecular formula is C26H29ClN2O6. The van der Waals surface area contributed by atoms with E-state index < -0.39 is 47.0 Å². The van der Waals surface area contributed by atoms with Crippen LogP contribution in [0.2, 0.25) is 5.02 Å². The number of fused-ring (bicyclic) bond motifs is 2. The lowest BCUT2D eigenvalue weighted by molar-refractivity contribution is -0.158. The number of cyclic esters (lactones) is 1. The highest BCUT2D eigenvalue weighted by molar-refractivity contribution is 6.34. The molecule has 1 aromatic carbocycles. The molecule has 5 rings (SSSR count). The highest BCUT2D eigenvalue weighted by Crippen LogP contribution is 2.58. The van der Waals surface area contributed by atoms with E-state index in [1.165, 1.54) is 4.90 Å². The lowest BCUT2D eigenvalue weighted by Crippen LogP contribution is -2.58. The Morgan fingerprint density at radius 2 is 1.94 bits per heavy atom. The number of aliphatic hydroxyl groups excluding tert-OH is 1. The standard InChI is InChI=1S/C26H29ClN2O6/c1-4-25-10-7-13-34-24(33)19(25)18-22(31)29(16(3)14-30)21-23(32)28(12-6-11-26(18,21)35-25)20-15(2)8-5-9-17(20)27/h5-11,16,18-19,21,30H,4,12-14H2,1-3H3/t16-,18+,19+,21?,25-,26+/m1/s1. The van der Waals surface area contributed by atoms with E-state index in [0.717, 1.165) is 5.56 Å². The van der Waals surface area contributed by atoms with Crippen molar-refractivity contribution in [3.05, 3.63) is 53.1 Å². The summed E-state index contributed by atoms with van der Waals surface area (Å²) >= 11 is 6.53. The zero-order chi connectivity index (χ0) is 25.1. The van der Waals surface area contributed by atoms with Gasteiger partial charge in [0, 0.05) is 6.54 Å². The molecular weight excluding hydrogens is 472 g/mol. The van der Waals surface area contributed by atoms with Gasteiger partial charge in [-0.2, -0.15) is 0 Å². The van der Waals surface area contributed by atoms with Crippen molar-refractivity contribution in [2.75, 3.05) is 24.7 Å². The van der Waals surface area contributed by atoms with E-state index in [1.807, 2.05) is 26.0 Å². The molecule has 4 aliphatic heterocycles. The van der Waals surface area contributed by atoms with E-state index in [0.29, 0.717) is 17.1 Å². The van der Waals surface area contributed by atoms with Gasteiger partial charge in [-0.25, -0.2) is 0 Å². The van der Waals surface area contributed by atoms with Crippen molar-refractivity contribution in [3.63, 3.8) is 0 Å². The second-order valence-corrected chi connectivity index (χ2v) is 10.1. The van der Waals surface area contributed by atoms with E-state index in [-0.39, 0.29) is 25.7 Å². The van der Waals surface area contributed by atoms with Crippen molar-refractivity contribution in [1.29, 1.82) is 0 Å². The van der Waals surface area contributed by atoms with Gasteiger partial charge in [-0.05, 0) is 38.0 Å². The van der Waals surface area contributed by atoms with Crippen LogP contribution in [0, 0.1) is 18.8 Å². The van der Waals surface area contributed by atoms with Crippen LogP contribution in [-0.4, -0.2) is 70.8 Å². The lowest BCUT2D eigenvalue weighted by Gasteiger charge is -2.40. The van der Waals surface area contributed by atoms with E-state index in [4.69, 9.17) is 21.1 Å². The Balaban J connectivity index is 1.71. The Bertz CT molecular complexity index is 1130. The molecule has 2 saturated heterocycles. The average molecular weight is 501 g/mol. The number of hydrogen-bond donors (Lipinski definition) is 1. The molecule has 0 aliphatic carbocycles. The third-order valence-corrected chi connectivity index (χ3v) is 8.14. The molecule has 0 radical (unpaired) electrons. The first kappa shape index (κ1) is 24.0. The van der Waals surface area contributed by atoms with Gasteiger partial charge in [0.25, 0.3) is 5.91 Å². The molecule has 4 aliphatic rings. The summed E-state index contributed by atoms with van der Waals surface area (Å²) in [5.74, 6) is -3.18. The Labute approximate surface area is 209 Å². The van der Waals surface area contributed by atoms with Crippen molar-refractivity contribution >= 4 is 35.1 Å². The smallest absolute Gasteiger partial charge is 0.313 e. The van der Waals surface area contributed by atoms with Gasteiger partial charge in [-0.3, -0.25) is 14.4 Å². The van der Waals surface area contributed by atoms with Crippen molar-refractivity contribution in [2.45, 2.75) is 50.5 Å². The molecule has 35 heavy (non-hydrogen) atoms. The van der Waals surface area contributed by atoms with Crippen LogP contribution in [0.4, 0.5) is 5.69 Å². The van der Waals surface area contributed by atoms with Gasteiger partial charge in [0.2, 0.25) is 5.91 Å². The SMILES string of the molecule is CC[C@@]12C=CCOC(=O)[C@@H]1[C@H]1C(=O)N([C@H](C)CO)C3C(=O)N(c4c(C)cccc4Cl)CC=C[C@@]31O2. The lowest BCUT2D eigenvalue weighted by atomic mass is 9.73. The topological polar surface area (TPSA) is 96.4 Å². The predicted molar refractivity (Wildman–Crippen MR) is 129 cm³/mol. The third-order valence-electron chi connectivity index (χ3n) is 7.83. The summed E-state index contributed by atoms with van der Waals surface area (Å²) < 4.78 is 12.2. The number of nitrogens with zero attached hydrogens (tertiary/aromatic N) is 2. The molecule has 1 aromatic rings. The largest absolute Gasteiger partial charge is 0.461 e. The Morgan fingerprint density at radius 3 is 2.63 bits per heavy atom. The number of aliphatic hydroxyl groups is 1. The zero-order valence-corrected chi connectivity index (χ0v) is 20.7. The monoisotopic (exact) mass is 500 g/mol. The predicted octanol–water partition coefficient (Wildman–Crippen LogP) is 2.41. The number of carbonyl (C=O) groups is 3. The number of rotatable bonds is 4. The number of esters is 1. The third kappa shape index (κ3) is 3.23. The second-order valence-electron chi connectivity index (χ2n) is 9.69. The van der Waals surface area contributed by atoms with Gasteiger partial charge in [-0.1, -0.05) is 48.9 Å². The van der Waals surface area contributed by atoms with Gasteiger partial charge in [0.05, 0.1) is 29.3 Å². The van der Waals surface area contributed by atoms with Gasteiger partial charge in [-0.15, -0.1) is 0 Å². The zero-order valence-electron chi connectivity index (χ0n) is 19.9. The summed E-state index contributed by atoms with van der Waals surface area (Å²) in [6, 6.07) is 3.64. The average Bonchev–Trinajstić information content (AvgIpc) is 3.12. The summed E-state index contributed by atoms with van der Waals surface area (Å²) in [5.41, 5.74) is -1.11. The summed E-state index contributed by atoms with van der Waals surface area (Å²) in [6.07, 6.45) is 7.53. The molecule has 8 nitrogen and oxygen atoms in total. The maximum Gasteiger partial charge on any atom is 0.313 e. The van der Waals surface area contributed by atoms with Crippen LogP contribution in [-0.2, 0) is 23.9 Å². The van der Waals surface area contributed by atoms with Crippen LogP contribution < -0.4 is 4.90 Å². The summed E-state index contributed by atoms with van der Waals surface area (Å²) in [5, 5.41) is 10.4. The van der Waals surface area contributed by atoms with Crippen LogP contribution in [0.25, 0.3) is 0 Å². The fourth-order valence-electron chi connectivity index (χ4n) is 6.26. The number of halogens is 1. The number of aryl methyl sites for hydroxylation is 1. The van der Waals surface area contributed by atoms with E-state index >= 15 is 0 Å². The van der Waals surface area contributed by atoms with E-state index in [1.54, 1.807) is 42.2 Å². The number of carbonyl (C=O) groups excluding carboxylic acids is 3. The highest BCUT2D eigenvalue weighted by atomic mass is 35.5.